The van der Waals surface area contributed by atoms with Crippen molar-refractivity contribution in [3.05, 3.63) is 0 Å². The first kappa shape index (κ1) is 20.8. The Kier molecular flexibility index (Phi) is 14.6. The highest BCUT2D eigenvalue weighted by Crippen LogP contribution is 2.05. The lowest BCUT2D eigenvalue weighted by Gasteiger charge is -2.26. The molecule has 0 aromatic rings. The van der Waals surface area contributed by atoms with Gasteiger partial charge in [-0.25, -0.2) is 4.79 Å². The summed E-state index contributed by atoms with van der Waals surface area (Å²) in [5.41, 5.74) is 0. The van der Waals surface area contributed by atoms with Crippen LogP contribution in [0, 0.1) is 0 Å². The molecule has 2 N–H and O–H groups in total. The van der Waals surface area contributed by atoms with E-state index in [0.29, 0.717) is 0 Å². The molecule has 0 atom stereocenters. The fourth-order valence-electron chi connectivity index (χ4n) is 1.94. The zero-order chi connectivity index (χ0) is 16.0. The van der Waals surface area contributed by atoms with E-state index in [2.05, 4.69) is 28.8 Å². The van der Waals surface area contributed by atoms with Crippen molar-refractivity contribution in [2.24, 2.45) is 4.99 Å². The van der Waals surface area contributed by atoms with Gasteiger partial charge in [0.05, 0.1) is 0 Å². The first-order chi connectivity index (χ1) is 9.36. The Morgan fingerprint density at radius 3 is 1.85 bits per heavy atom. The normalized spacial score (nSPS) is 10.6. The summed E-state index contributed by atoms with van der Waals surface area (Å²) in [5.74, 6) is 1.06. The summed E-state index contributed by atoms with van der Waals surface area (Å²) in [6.45, 7) is 3.37. The van der Waals surface area contributed by atoms with Gasteiger partial charge in [0.1, 0.15) is 0 Å². The number of rotatable bonds is 7. The molecule has 0 saturated carbocycles. The van der Waals surface area contributed by atoms with Crippen LogP contribution in [0.25, 0.3) is 0 Å². The lowest BCUT2D eigenvalue weighted by atomic mass is 10.1. The number of hydrogen-bond acceptors (Lipinski definition) is 2. The van der Waals surface area contributed by atoms with Crippen molar-refractivity contribution in [3.63, 3.8) is 0 Å². The second-order valence-corrected chi connectivity index (χ2v) is 4.89. The number of nitrogens with zero attached hydrogens (tertiary/aromatic N) is 3. The molecule has 0 rings (SSSR count). The van der Waals surface area contributed by atoms with Crippen LogP contribution in [0.2, 0.25) is 0 Å². The molecule has 0 radical (unpaired) electrons. The van der Waals surface area contributed by atoms with Gasteiger partial charge in [-0.1, -0.05) is 39.0 Å². The minimum absolute atomic E-state index is 1.06. The summed E-state index contributed by atoms with van der Waals surface area (Å²) in [5, 5.41) is 13.9. The maximum Gasteiger partial charge on any atom is 0.503 e. The summed E-state index contributed by atoms with van der Waals surface area (Å²) in [6, 6.07) is 0. The zero-order valence-corrected chi connectivity index (χ0v) is 13.6. The fraction of sp³-hybridized carbons (Fsp3) is 0.857. The van der Waals surface area contributed by atoms with Gasteiger partial charge in [0.25, 0.3) is 0 Å². The molecule has 120 valence electrons. The topological polar surface area (TPSA) is 76.4 Å². The third-order valence-electron chi connectivity index (χ3n) is 2.79. The van der Waals surface area contributed by atoms with Crippen LogP contribution in [0.3, 0.4) is 0 Å². The smallest absolute Gasteiger partial charge is 0.450 e. The molecule has 0 aromatic heterocycles. The van der Waals surface area contributed by atoms with Gasteiger partial charge in [0, 0.05) is 34.7 Å². The van der Waals surface area contributed by atoms with E-state index in [9.17, 15) is 0 Å². The van der Waals surface area contributed by atoms with Gasteiger partial charge in [-0.05, 0) is 6.42 Å². The number of guanidine groups is 1. The standard InChI is InChI=1S/C13H29N3.CH2O3/c1-6-7-8-9-10-11-12-16(5)13(14-2)15(3)4;2-1(3)4/h6-12H2,1-5H3;(H2,2,3,4). The Morgan fingerprint density at radius 1 is 1.00 bits per heavy atom. The number of unbranched alkanes of at least 4 members (excludes halogenated alkanes) is 5. The van der Waals surface area contributed by atoms with Crippen LogP contribution in [-0.4, -0.2) is 66.9 Å². The number of carboxylic acid groups (broad SMARTS) is 2. The lowest BCUT2D eigenvalue weighted by Crippen LogP contribution is -2.38. The van der Waals surface area contributed by atoms with Gasteiger partial charge in [-0.3, -0.25) is 4.99 Å². The van der Waals surface area contributed by atoms with E-state index in [1.165, 1.54) is 38.5 Å². The molecule has 20 heavy (non-hydrogen) atoms. The van der Waals surface area contributed by atoms with E-state index in [4.69, 9.17) is 15.0 Å². The second kappa shape index (κ2) is 14.0. The molecule has 0 amide bonds. The van der Waals surface area contributed by atoms with E-state index >= 15 is 0 Å². The largest absolute Gasteiger partial charge is 0.503 e. The van der Waals surface area contributed by atoms with Gasteiger partial charge in [0.15, 0.2) is 5.96 Å². The van der Waals surface area contributed by atoms with E-state index in [0.717, 1.165) is 12.5 Å². The van der Waals surface area contributed by atoms with Gasteiger partial charge in [-0.2, -0.15) is 0 Å². The number of aliphatic imine (C=N–C) groups is 1. The van der Waals surface area contributed by atoms with E-state index < -0.39 is 6.16 Å². The average molecular weight is 289 g/mol. The molecule has 0 bridgehead atoms. The Morgan fingerprint density at radius 2 is 1.45 bits per heavy atom. The highest BCUT2D eigenvalue weighted by Gasteiger charge is 2.06. The van der Waals surface area contributed by atoms with Crippen molar-refractivity contribution >= 4 is 12.1 Å². The Balaban J connectivity index is 0. The highest BCUT2D eigenvalue weighted by molar-refractivity contribution is 5.79. The predicted octanol–water partition coefficient (Wildman–Crippen LogP) is 3.05. The first-order valence-electron chi connectivity index (χ1n) is 7.13. The third kappa shape index (κ3) is 14.6. The lowest BCUT2D eigenvalue weighted by molar-refractivity contribution is 0.137. The molecule has 0 spiro atoms. The summed E-state index contributed by atoms with van der Waals surface area (Å²) < 4.78 is 0. The molecule has 0 fully saturated rings. The molecule has 0 heterocycles. The second-order valence-electron chi connectivity index (χ2n) is 4.89. The zero-order valence-electron chi connectivity index (χ0n) is 13.6. The molecule has 6 nitrogen and oxygen atoms in total. The van der Waals surface area contributed by atoms with Crippen LogP contribution in [0.15, 0.2) is 4.99 Å². The van der Waals surface area contributed by atoms with Crippen LogP contribution in [-0.2, 0) is 0 Å². The fourth-order valence-corrected chi connectivity index (χ4v) is 1.94. The van der Waals surface area contributed by atoms with Crippen LogP contribution in [0.5, 0.6) is 0 Å². The molecule has 0 unspecified atom stereocenters. The van der Waals surface area contributed by atoms with Crippen molar-refractivity contribution in [2.75, 3.05) is 34.7 Å². The maximum absolute atomic E-state index is 8.56. The molecular formula is C14H31N3O3. The Hall–Kier alpha value is -1.46. The maximum atomic E-state index is 8.56. The third-order valence-corrected chi connectivity index (χ3v) is 2.79. The monoisotopic (exact) mass is 289 g/mol. The quantitative estimate of drug-likeness (QED) is 0.428. The Bertz CT molecular complexity index is 264. The van der Waals surface area contributed by atoms with Crippen molar-refractivity contribution in [1.82, 2.24) is 9.80 Å². The van der Waals surface area contributed by atoms with Gasteiger partial charge in [0.2, 0.25) is 0 Å². The van der Waals surface area contributed by atoms with Gasteiger partial charge in [-0.15, -0.1) is 0 Å². The van der Waals surface area contributed by atoms with Gasteiger partial charge < -0.3 is 20.0 Å². The van der Waals surface area contributed by atoms with Crippen molar-refractivity contribution in [2.45, 2.75) is 45.4 Å². The summed E-state index contributed by atoms with van der Waals surface area (Å²) in [4.78, 5) is 17.1. The minimum atomic E-state index is -1.83. The molecule has 0 saturated heterocycles. The van der Waals surface area contributed by atoms with Crippen molar-refractivity contribution in [1.29, 1.82) is 0 Å². The first-order valence-corrected chi connectivity index (χ1v) is 7.13. The van der Waals surface area contributed by atoms with Crippen LogP contribution >= 0.6 is 0 Å². The van der Waals surface area contributed by atoms with Crippen LogP contribution in [0.4, 0.5) is 4.79 Å². The van der Waals surface area contributed by atoms with Crippen molar-refractivity contribution < 1.29 is 15.0 Å². The Labute approximate surface area is 123 Å². The summed E-state index contributed by atoms with van der Waals surface area (Å²) in [7, 11) is 8.06. The predicted molar refractivity (Wildman–Crippen MR) is 83.7 cm³/mol. The molecule has 0 aromatic carbocycles. The molecule has 6 heteroatoms. The SMILES string of the molecule is CCCCCCCCN(C)C(=NC)N(C)C.O=C(O)O. The molecular weight excluding hydrogens is 258 g/mol. The van der Waals surface area contributed by atoms with Crippen LogP contribution in [0.1, 0.15) is 45.4 Å². The number of carbonyl (C=O) groups is 1. The summed E-state index contributed by atoms with van der Waals surface area (Å²) >= 11 is 0. The average Bonchev–Trinajstić information content (AvgIpc) is 2.33. The molecule has 0 aliphatic heterocycles. The minimum Gasteiger partial charge on any atom is -0.450 e. The molecule has 0 aliphatic rings. The highest BCUT2D eigenvalue weighted by atomic mass is 16.6. The van der Waals surface area contributed by atoms with E-state index in [1.54, 1.807) is 0 Å². The van der Waals surface area contributed by atoms with Crippen LogP contribution < -0.4 is 0 Å². The summed E-state index contributed by atoms with van der Waals surface area (Å²) in [6.07, 6.45) is 6.26. The van der Waals surface area contributed by atoms with E-state index in [1.807, 2.05) is 21.1 Å². The van der Waals surface area contributed by atoms with E-state index in [-0.39, 0.29) is 0 Å². The molecule has 0 aliphatic carbocycles. The number of hydrogen-bond donors (Lipinski definition) is 2. The van der Waals surface area contributed by atoms with Gasteiger partial charge >= 0.3 is 6.16 Å². The van der Waals surface area contributed by atoms with Crippen molar-refractivity contribution in [3.8, 4) is 0 Å².